The van der Waals surface area contributed by atoms with Crippen molar-refractivity contribution in [3.05, 3.63) is 17.5 Å². The third-order valence-corrected chi connectivity index (χ3v) is 2.12. The van der Waals surface area contributed by atoms with Gasteiger partial charge in [0.2, 0.25) is 0 Å². The second kappa shape index (κ2) is 1.51. The Hall–Kier alpha value is -0.960. The van der Waals surface area contributed by atoms with E-state index in [9.17, 15) is 0 Å². The number of fused-ring (bicyclic) bond motifs is 1. The highest BCUT2D eigenvalue weighted by atomic mass is 32.1. The molecule has 0 saturated heterocycles. The van der Waals surface area contributed by atoms with Crippen molar-refractivity contribution in [1.82, 2.24) is 4.98 Å². The van der Waals surface area contributed by atoms with Gasteiger partial charge in [-0.1, -0.05) is 0 Å². The molecule has 0 unspecified atom stereocenters. The smallest absolute Gasteiger partial charge is 0.102 e. The highest BCUT2D eigenvalue weighted by Crippen LogP contribution is 2.21. The van der Waals surface area contributed by atoms with Crippen LogP contribution in [-0.4, -0.2) is 4.98 Å². The molecule has 0 radical (unpaired) electrons. The van der Waals surface area contributed by atoms with Gasteiger partial charge in [0.15, 0.2) is 0 Å². The van der Waals surface area contributed by atoms with E-state index in [-0.39, 0.29) is 0 Å². The maximum Gasteiger partial charge on any atom is 0.102 e. The number of thiophene rings is 1. The van der Waals surface area contributed by atoms with Crippen LogP contribution in [0.15, 0.2) is 17.5 Å². The first-order valence-electron chi connectivity index (χ1n) is 2.68. The molecule has 0 aromatic carbocycles. The summed E-state index contributed by atoms with van der Waals surface area (Å²) in [6.07, 6.45) is 0. The first-order chi connectivity index (χ1) is 4.36. The lowest BCUT2D eigenvalue weighted by Crippen LogP contribution is -1.80. The molecule has 2 aromatic rings. The predicted octanol–water partition coefficient (Wildman–Crippen LogP) is 1.81. The van der Waals surface area contributed by atoms with Crippen LogP contribution in [0.5, 0.6) is 0 Å². The summed E-state index contributed by atoms with van der Waals surface area (Å²) in [5.41, 5.74) is 6.62. The third kappa shape index (κ3) is 0.616. The van der Waals surface area contributed by atoms with Crippen molar-refractivity contribution in [2.24, 2.45) is 0 Å². The molecule has 0 fully saturated rings. The highest BCUT2D eigenvalue weighted by molar-refractivity contribution is 7.17. The van der Waals surface area contributed by atoms with Gasteiger partial charge in [-0.25, -0.2) is 0 Å². The maximum absolute atomic E-state index is 5.49. The monoisotopic (exact) mass is 138 g/mol. The Bertz CT molecular complexity index is 292. The standard InChI is InChI=1S/C6H6N2S/c7-6-3-5-4(8-6)1-2-9-5/h1-3,8H,7H2. The van der Waals surface area contributed by atoms with Crippen molar-refractivity contribution in [2.75, 3.05) is 5.73 Å². The second-order valence-electron chi connectivity index (χ2n) is 1.92. The maximum atomic E-state index is 5.49. The van der Waals surface area contributed by atoms with E-state index in [0.717, 1.165) is 11.3 Å². The van der Waals surface area contributed by atoms with Crippen LogP contribution in [-0.2, 0) is 0 Å². The van der Waals surface area contributed by atoms with Crippen molar-refractivity contribution >= 4 is 27.4 Å². The van der Waals surface area contributed by atoms with Gasteiger partial charge in [0.25, 0.3) is 0 Å². The molecule has 46 valence electrons. The third-order valence-electron chi connectivity index (χ3n) is 1.26. The zero-order chi connectivity index (χ0) is 6.27. The molecule has 2 nitrogen and oxygen atoms in total. The van der Waals surface area contributed by atoms with E-state index >= 15 is 0 Å². The van der Waals surface area contributed by atoms with Gasteiger partial charge in [-0.3, -0.25) is 0 Å². The lowest BCUT2D eigenvalue weighted by molar-refractivity contribution is 1.48. The van der Waals surface area contributed by atoms with Crippen molar-refractivity contribution in [3.63, 3.8) is 0 Å². The SMILES string of the molecule is Nc1cc2sccc2[nH]1. The topological polar surface area (TPSA) is 41.8 Å². The number of hydrogen-bond acceptors (Lipinski definition) is 2. The van der Waals surface area contributed by atoms with Crippen LogP contribution in [0.4, 0.5) is 5.82 Å². The van der Waals surface area contributed by atoms with Crippen molar-refractivity contribution < 1.29 is 0 Å². The first kappa shape index (κ1) is 4.88. The van der Waals surface area contributed by atoms with E-state index in [1.54, 1.807) is 11.3 Å². The van der Waals surface area contributed by atoms with E-state index in [1.807, 2.05) is 17.5 Å². The fourth-order valence-corrected chi connectivity index (χ4v) is 1.66. The summed E-state index contributed by atoms with van der Waals surface area (Å²) in [6, 6.07) is 3.97. The van der Waals surface area contributed by atoms with Crippen LogP contribution in [0, 0.1) is 0 Å². The molecule has 2 aromatic heterocycles. The van der Waals surface area contributed by atoms with Crippen LogP contribution in [0.3, 0.4) is 0 Å². The van der Waals surface area contributed by atoms with Crippen LogP contribution < -0.4 is 5.73 Å². The number of nitrogens with two attached hydrogens (primary N) is 1. The van der Waals surface area contributed by atoms with Gasteiger partial charge in [0.05, 0.1) is 10.2 Å². The fraction of sp³-hybridized carbons (Fsp3) is 0. The number of H-pyrrole nitrogens is 1. The molecular weight excluding hydrogens is 132 g/mol. The summed E-state index contributed by atoms with van der Waals surface area (Å²) in [6.45, 7) is 0. The molecule has 2 heterocycles. The molecule has 0 saturated carbocycles. The molecule has 0 atom stereocenters. The normalized spacial score (nSPS) is 10.7. The van der Waals surface area contributed by atoms with E-state index < -0.39 is 0 Å². The molecule has 0 amide bonds. The minimum atomic E-state index is 0.747. The van der Waals surface area contributed by atoms with Gasteiger partial charge in [0.1, 0.15) is 5.82 Å². The number of rotatable bonds is 0. The molecular formula is C6H6N2S. The molecule has 3 heteroatoms. The number of anilines is 1. The van der Waals surface area contributed by atoms with E-state index in [2.05, 4.69) is 4.98 Å². The van der Waals surface area contributed by atoms with Gasteiger partial charge < -0.3 is 10.7 Å². The Balaban J connectivity index is 2.92. The van der Waals surface area contributed by atoms with Crippen molar-refractivity contribution in [2.45, 2.75) is 0 Å². The predicted molar refractivity (Wildman–Crippen MR) is 40.6 cm³/mol. The number of hydrogen-bond donors (Lipinski definition) is 2. The Morgan fingerprint density at radius 2 is 2.44 bits per heavy atom. The minimum absolute atomic E-state index is 0.747. The Morgan fingerprint density at radius 1 is 1.56 bits per heavy atom. The fourth-order valence-electron chi connectivity index (χ4n) is 0.869. The summed E-state index contributed by atoms with van der Waals surface area (Å²) in [5.74, 6) is 0.747. The molecule has 0 bridgehead atoms. The highest BCUT2D eigenvalue weighted by Gasteiger charge is 1.95. The summed E-state index contributed by atoms with van der Waals surface area (Å²) < 4.78 is 1.23. The number of aromatic nitrogens is 1. The summed E-state index contributed by atoms with van der Waals surface area (Å²) >= 11 is 1.70. The minimum Gasteiger partial charge on any atom is -0.385 e. The largest absolute Gasteiger partial charge is 0.385 e. The van der Waals surface area contributed by atoms with Crippen LogP contribution in [0.2, 0.25) is 0 Å². The van der Waals surface area contributed by atoms with E-state index in [0.29, 0.717) is 0 Å². The van der Waals surface area contributed by atoms with Gasteiger partial charge in [-0.15, -0.1) is 11.3 Å². The van der Waals surface area contributed by atoms with Gasteiger partial charge in [-0.2, -0.15) is 0 Å². The zero-order valence-electron chi connectivity index (χ0n) is 4.72. The molecule has 2 rings (SSSR count). The summed E-state index contributed by atoms with van der Waals surface area (Å²) in [7, 11) is 0. The zero-order valence-corrected chi connectivity index (χ0v) is 5.53. The molecule has 0 aliphatic heterocycles. The quantitative estimate of drug-likeness (QED) is 0.572. The summed E-state index contributed by atoms with van der Waals surface area (Å²) in [4.78, 5) is 3.03. The molecule has 3 N–H and O–H groups in total. The lowest BCUT2D eigenvalue weighted by atomic mass is 10.5. The van der Waals surface area contributed by atoms with Gasteiger partial charge in [0, 0.05) is 0 Å². The molecule has 9 heavy (non-hydrogen) atoms. The average Bonchev–Trinajstić information content (AvgIpc) is 2.22. The van der Waals surface area contributed by atoms with E-state index in [4.69, 9.17) is 5.73 Å². The van der Waals surface area contributed by atoms with Gasteiger partial charge >= 0.3 is 0 Å². The number of aromatic amines is 1. The van der Waals surface area contributed by atoms with Crippen molar-refractivity contribution in [3.8, 4) is 0 Å². The summed E-state index contributed by atoms with van der Waals surface area (Å²) in [5, 5.41) is 2.04. The number of nitrogen functional groups attached to an aromatic ring is 1. The molecule has 0 aliphatic carbocycles. The van der Waals surface area contributed by atoms with E-state index in [1.165, 1.54) is 4.70 Å². The first-order valence-corrected chi connectivity index (χ1v) is 3.56. The average molecular weight is 138 g/mol. The lowest BCUT2D eigenvalue weighted by Gasteiger charge is -1.75. The molecule has 0 aliphatic rings. The molecule has 0 spiro atoms. The Labute approximate surface area is 56.3 Å². The van der Waals surface area contributed by atoms with Crippen molar-refractivity contribution in [1.29, 1.82) is 0 Å². The Kier molecular flexibility index (Phi) is 0.818. The van der Waals surface area contributed by atoms with Crippen LogP contribution >= 0.6 is 11.3 Å². The second-order valence-corrected chi connectivity index (χ2v) is 2.87. The number of nitrogens with one attached hydrogen (secondary N) is 1. The van der Waals surface area contributed by atoms with Crippen LogP contribution in [0.25, 0.3) is 10.2 Å². The van der Waals surface area contributed by atoms with Gasteiger partial charge in [-0.05, 0) is 17.5 Å². The van der Waals surface area contributed by atoms with Crippen LogP contribution in [0.1, 0.15) is 0 Å². The Morgan fingerprint density at radius 3 is 3.22 bits per heavy atom.